The minimum atomic E-state index is 0.214. The van der Waals surface area contributed by atoms with Crippen LogP contribution in [0.1, 0.15) is 43.7 Å². The van der Waals surface area contributed by atoms with Gasteiger partial charge in [0, 0.05) is 6.04 Å². The Balaban J connectivity index is 2.13. The zero-order chi connectivity index (χ0) is 13.7. The predicted octanol–water partition coefficient (Wildman–Crippen LogP) is 3.76. The molecular formula is C17H25NO. The van der Waals surface area contributed by atoms with E-state index in [1.807, 2.05) is 0 Å². The van der Waals surface area contributed by atoms with Crippen LogP contribution in [-0.4, -0.2) is 12.1 Å². The largest absolute Gasteiger partial charge is 0.486 e. The fraction of sp³-hybridized carbons (Fsp3) is 0.529. The smallest absolute Gasteiger partial charge is 0.123 e. The summed E-state index contributed by atoms with van der Waals surface area (Å²) in [4.78, 5) is 0. The van der Waals surface area contributed by atoms with Crippen molar-refractivity contribution in [3.8, 4) is 5.75 Å². The van der Waals surface area contributed by atoms with E-state index in [0.29, 0.717) is 0 Å². The summed E-state index contributed by atoms with van der Waals surface area (Å²) in [5.74, 6) is 1.01. The Morgan fingerprint density at radius 3 is 2.95 bits per heavy atom. The molecule has 0 aliphatic heterocycles. The van der Waals surface area contributed by atoms with E-state index in [4.69, 9.17) is 10.5 Å². The molecule has 0 amide bonds. The SMILES string of the molecule is CCC(N)Cc1cc(C)ccc1OC1C=CCCC1. The molecule has 0 fully saturated rings. The maximum absolute atomic E-state index is 6.14. The zero-order valence-corrected chi connectivity index (χ0v) is 12.1. The van der Waals surface area contributed by atoms with Gasteiger partial charge in [0.1, 0.15) is 11.9 Å². The molecule has 0 aromatic heterocycles. The maximum atomic E-state index is 6.14. The van der Waals surface area contributed by atoms with E-state index in [9.17, 15) is 0 Å². The van der Waals surface area contributed by atoms with Gasteiger partial charge in [0.05, 0.1) is 0 Å². The van der Waals surface area contributed by atoms with Gasteiger partial charge in [-0.3, -0.25) is 0 Å². The third-order valence-corrected chi connectivity index (χ3v) is 3.71. The number of aryl methyl sites for hydroxylation is 1. The van der Waals surface area contributed by atoms with Crippen molar-refractivity contribution >= 4 is 0 Å². The Morgan fingerprint density at radius 2 is 2.26 bits per heavy atom. The van der Waals surface area contributed by atoms with Crippen LogP contribution >= 0.6 is 0 Å². The number of benzene rings is 1. The molecule has 2 heteroatoms. The second-order valence-electron chi connectivity index (χ2n) is 5.50. The minimum absolute atomic E-state index is 0.214. The summed E-state index contributed by atoms with van der Waals surface area (Å²) in [6.45, 7) is 4.25. The van der Waals surface area contributed by atoms with Crippen molar-refractivity contribution in [2.45, 2.75) is 58.1 Å². The average molecular weight is 259 g/mol. The van der Waals surface area contributed by atoms with Crippen LogP contribution in [0, 0.1) is 6.92 Å². The molecule has 1 aromatic carbocycles. The van der Waals surface area contributed by atoms with Gasteiger partial charge in [-0.05, 0) is 56.7 Å². The number of nitrogens with two attached hydrogens (primary N) is 1. The van der Waals surface area contributed by atoms with Crippen molar-refractivity contribution in [1.82, 2.24) is 0 Å². The van der Waals surface area contributed by atoms with Crippen molar-refractivity contribution in [2.24, 2.45) is 5.73 Å². The van der Waals surface area contributed by atoms with Crippen molar-refractivity contribution < 1.29 is 4.74 Å². The molecule has 2 unspecified atom stereocenters. The summed E-state index contributed by atoms with van der Waals surface area (Å²) < 4.78 is 6.14. The molecule has 0 saturated heterocycles. The molecule has 0 spiro atoms. The first-order chi connectivity index (χ1) is 9.19. The Morgan fingerprint density at radius 1 is 1.42 bits per heavy atom. The van der Waals surface area contributed by atoms with E-state index in [-0.39, 0.29) is 12.1 Å². The number of hydrogen-bond donors (Lipinski definition) is 1. The minimum Gasteiger partial charge on any atom is -0.486 e. The van der Waals surface area contributed by atoms with Crippen LogP contribution in [0.5, 0.6) is 5.75 Å². The van der Waals surface area contributed by atoms with Gasteiger partial charge in [0.25, 0.3) is 0 Å². The maximum Gasteiger partial charge on any atom is 0.123 e. The van der Waals surface area contributed by atoms with E-state index in [2.05, 4.69) is 44.2 Å². The highest BCUT2D eigenvalue weighted by molar-refractivity contribution is 5.38. The third kappa shape index (κ3) is 4.10. The molecule has 1 aliphatic carbocycles. The Kier molecular flexibility index (Phi) is 5.03. The number of ether oxygens (including phenoxy) is 1. The highest BCUT2D eigenvalue weighted by atomic mass is 16.5. The lowest BCUT2D eigenvalue weighted by molar-refractivity contribution is 0.227. The highest BCUT2D eigenvalue weighted by Crippen LogP contribution is 2.25. The highest BCUT2D eigenvalue weighted by Gasteiger charge is 2.14. The van der Waals surface area contributed by atoms with E-state index < -0.39 is 0 Å². The second-order valence-corrected chi connectivity index (χ2v) is 5.50. The topological polar surface area (TPSA) is 35.2 Å². The molecule has 0 radical (unpaired) electrons. The van der Waals surface area contributed by atoms with Crippen LogP contribution in [-0.2, 0) is 6.42 Å². The molecule has 19 heavy (non-hydrogen) atoms. The van der Waals surface area contributed by atoms with Crippen molar-refractivity contribution in [3.63, 3.8) is 0 Å². The average Bonchev–Trinajstić information content (AvgIpc) is 2.43. The van der Waals surface area contributed by atoms with Crippen molar-refractivity contribution in [1.29, 1.82) is 0 Å². The second kappa shape index (κ2) is 6.76. The number of rotatable bonds is 5. The van der Waals surface area contributed by atoms with Crippen LogP contribution < -0.4 is 10.5 Å². The lowest BCUT2D eigenvalue weighted by atomic mass is 10.0. The fourth-order valence-electron chi connectivity index (χ4n) is 2.45. The lowest BCUT2D eigenvalue weighted by Gasteiger charge is -2.21. The molecule has 2 N–H and O–H groups in total. The first-order valence-corrected chi connectivity index (χ1v) is 7.37. The van der Waals surface area contributed by atoms with Gasteiger partial charge < -0.3 is 10.5 Å². The van der Waals surface area contributed by atoms with E-state index >= 15 is 0 Å². The summed E-state index contributed by atoms with van der Waals surface area (Å²) in [5.41, 5.74) is 8.60. The molecule has 1 aliphatic rings. The summed E-state index contributed by atoms with van der Waals surface area (Å²) in [6.07, 6.45) is 10.0. The predicted molar refractivity (Wildman–Crippen MR) is 80.6 cm³/mol. The first kappa shape index (κ1) is 14.1. The van der Waals surface area contributed by atoms with Gasteiger partial charge in [-0.15, -0.1) is 0 Å². The molecular weight excluding hydrogens is 234 g/mol. The molecule has 0 saturated carbocycles. The molecule has 1 aromatic rings. The van der Waals surface area contributed by atoms with Gasteiger partial charge >= 0.3 is 0 Å². The van der Waals surface area contributed by atoms with Crippen LogP contribution in [0.15, 0.2) is 30.4 Å². The Labute approximate surface area is 116 Å². The molecule has 104 valence electrons. The molecule has 2 nitrogen and oxygen atoms in total. The molecule has 2 rings (SSSR count). The van der Waals surface area contributed by atoms with Crippen LogP contribution in [0.25, 0.3) is 0 Å². The number of allylic oxidation sites excluding steroid dienone is 1. The van der Waals surface area contributed by atoms with Crippen LogP contribution in [0.4, 0.5) is 0 Å². The van der Waals surface area contributed by atoms with E-state index in [1.54, 1.807) is 0 Å². The standard InChI is InChI=1S/C17H25NO/c1-3-15(18)12-14-11-13(2)9-10-17(14)19-16-7-5-4-6-8-16/h5,7,9-11,15-16H,3-4,6,8,12,18H2,1-2H3. The summed E-state index contributed by atoms with van der Waals surface area (Å²) >= 11 is 0. The van der Waals surface area contributed by atoms with Gasteiger partial charge in [-0.2, -0.15) is 0 Å². The molecule has 0 heterocycles. The Bertz CT molecular complexity index is 439. The lowest BCUT2D eigenvalue weighted by Crippen LogP contribution is -2.23. The monoisotopic (exact) mass is 259 g/mol. The van der Waals surface area contributed by atoms with Crippen molar-refractivity contribution in [2.75, 3.05) is 0 Å². The number of hydrogen-bond acceptors (Lipinski definition) is 2. The summed E-state index contributed by atoms with van der Waals surface area (Å²) in [6, 6.07) is 6.63. The van der Waals surface area contributed by atoms with Crippen molar-refractivity contribution in [3.05, 3.63) is 41.5 Å². The molecule has 0 bridgehead atoms. The van der Waals surface area contributed by atoms with Crippen LogP contribution in [0.2, 0.25) is 0 Å². The summed E-state index contributed by atoms with van der Waals surface area (Å²) in [7, 11) is 0. The quantitative estimate of drug-likeness (QED) is 0.817. The van der Waals surface area contributed by atoms with Gasteiger partial charge in [-0.25, -0.2) is 0 Å². The van der Waals surface area contributed by atoms with Gasteiger partial charge in [0.2, 0.25) is 0 Å². The fourth-order valence-corrected chi connectivity index (χ4v) is 2.45. The normalized spacial score (nSPS) is 20.3. The summed E-state index contributed by atoms with van der Waals surface area (Å²) in [5, 5.41) is 0. The first-order valence-electron chi connectivity index (χ1n) is 7.37. The van der Waals surface area contributed by atoms with E-state index in [0.717, 1.165) is 25.0 Å². The van der Waals surface area contributed by atoms with Crippen LogP contribution in [0.3, 0.4) is 0 Å². The van der Waals surface area contributed by atoms with Gasteiger partial charge in [-0.1, -0.05) is 30.7 Å². The Hall–Kier alpha value is -1.28. The van der Waals surface area contributed by atoms with Gasteiger partial charge in [0.15, 0.2) is 0 Å². The third-order valence-electron chi connectivity index (χ3n) is 3.71. The zero-order valence-electron chi connectivity index (χ0n) is 12.1. The van der Waals surface area contributed by atoms with E-state index in [1.165, 1.54) is 24.0 Å². The molecule has 2 atom stereocenters.